The first kappa shape index (κ1) is 17.0. The van der Waals surface area contributed by atoms with Gasteiger partial charge in [-0.2, -0.15) is 0 Å². The van der Waals surface area contributed by atoms with Crippen LogP contribution >= 0.6 is 0 Å². The third-order valence-electron chi connectivity index (χ3n) is 4.50. The van der Waals surface area contributed by atoms with Crippen LogP contribution in [0.1, 0.15) is 67.2 Å². The summed E-state index contributed by atoms with van der Waals surface area (Å²) in [5.41, 5.74) is 4.78. The van der Waals surface area contributed by atoms with E-state index in [1.807, 2.05) is 0 Å². The van der Waals surface area contributed by atoms with Gasteiger partial charge in [-0.1, -0.05) is 75.6 Å². The summed E-state index contributed by atoms with van der Waals surface area (Å²) in [5.74, 6) is 0.672. The zero-order valence-corrected chi connectivity index (χ0v) is 14.3. The van der Waals surface area contributed by atoms with Crippen LogP contribution in [0.3, 0.4) is 0 Å². The molecule has 0 heterocycles. The molecule has 0 heteroatoms. The highest BCUT2D eigenvalue weighted by Crippen LogP contribution is 2.40. The Kier molecular flexibility index (Phi) is 6.52. The summed E-state index contributed by atoms with van der Waals surface area (Å²) < 4.78 is 0. The Bertz CT molecular complexity index is 427. The van der Waals surface area contributed by atoms with Crippen LogP contribution in [-0.2, 0) is 0 Å². The van der Waals surface area contributed by atoms with Gasteiger partial charge in [-0.15, -0.1) is 0 Å². The minimum atomic E-state index is 0.339. The van der Waals surface area contributed by atoms with Crippen molar-refractivity contribution in [1.82, 2.24) is 0 Å². The lowest BCUT2D eigenvalue weighted by Crippen LogP contribution is -2.19. The van der Waals surface area contributed by atoms with Crippen molar-refractivity contribution in [3.05, 3.63) is 47.1 Å². The third-order valence-corrected chi connectivity index (χ3v) is 4.50. The van der Waals surface area contributed by atoms with Crippen LogP contribution in [0.2, 0.25) is 0 Å². The second-order valence-electron chi connectivity index (χ2n) is 6.95. The third kappa shape index (κ3) is 5.15. The Morgan fingerprint density at radius 3 is 2.65 bits per heavy atom. The average Bonchev–Trinajstić information content (AvgIpc) is 2.37. The maximum absolute atomic E-state index is 2.37. The van der Waals surface area contributed by atoms with Gasteiger partial charge in [0.15, 0.2) is 0 Å². The Balaban J connectivity index is 2.76. The van der Waals surface area contributed by atoms with Crippen molar-refractivity contribution in [2.75, 3.05) is 0 Å². The fraction of sp³-hybridized carbons (Fsp3) is 0.600. The maximum Gasteiger partial charge on any atom is -0.0104 e. The predicted octanol–water partition coefficient (Wildman–Crippen LogP) is 6.62. The number of rotatable bonds is 5. The van der Waals surface area contributed by atoms with Crippen molar-refractivity contribution in [3.63, 3.8) is 0 Å². The van der Waals surface area contributed by atoms with E-state index in [9.17, 15) is 0 Å². The molecule has 0 bridgehead atoms. The summed E-state index contributed by atoms with van der Waals surface area (Å²) in [4.78, 5) is 0. The maximum atomic E-state index is 2.37. The summed E-state index contributed by atoms with van der Waals surface area (Å²) in [6, 6.07) is 0. The van der Waals surface area contributed by atoms with Crippen molar-refractivity contribution in [1.29, 1.82) is 0 Å². The molecule has 0 aromatic carbocycles. The topological polar surface area (TPSA) is 0 Å². The van der Waals surface area contributed by atoms with Gasteiger partial charge in [-0.3, -0.25) is 0 Å². The zero-order chi connectivity index (χ0) is 15.2. The molecule has 1 rings (SSSR count). The highest BCUT2D eigenvalue weighted by Gasteiger charge is 2.26. The standard InChI is InChI=1S/C20H32/c1-7-16(2)10-8-11-17(3)13-14-19-18(4)12-9-15-20(19,5)6/h8,10-11,13-14,16H,7,9,12,15H2,1-6H3/b10-8-,14-13+,17-11+. The highest BCUT2D eigenvalue weighted by atomic mass is 14.3. The van der Waals surface area contributed by atoms with Gasteiger partial charge in [-0.05, 0) is 50.0 Å². The van der Waals surface area contributed by atoms with Crippen LogP contribution < -0.4 is 0 Å². The number of allylic oxidation sites excluding steroid dienone is 8. The van der Waals surface area contributed by atoms with Crippen LogP contribution in [0.25, 0.3) is 0 Å². The second-order valence-corrected chi connectivity index (χ2v) is 6.95. The van der Waals surface area contributed by atoms with E-state index in [-0.39, 0.29) is 0 Å². The smallest absolute Gasteiger partial charge is 0.0104 e. The van der Waals surface area contributed by atoms with Crippen molar-refractivity contribution < 1.29 is 0 Å². The first-order valence-corrected chi connectivity index (χ1v) is 8.10. The van der Waals surface area contributed by atoms with Gasteiger partial charge in [0, 0.05) is 0 Å². The molecule has 0 spiro atoms. The van der Waals surface area contributed by atoms with Gasteiger partial charge in [-0.25, -0.2) is 0 Å². The first-order valence-electron chi connectivity index (χ1n) is 8.10. The van der Waals surface area contributed by atoms with Crippen LogP contribution in [-0.4, -0.2) is 0 Å². The highest BCUT2D eigenvalue weighted by molar-refractivity contribution is 5.36. The van der Waals surface area contributed by atoms with Crippen molar-refractivity contribution in [3.8, 4) is 0 Å². The van der Waals surface area contributed by atoms with E-state index in [4.69, 9.17) is 0 Å². The minimum Gasteiger partial charge on any atom is -0.0817 e. The summed E-state index contributed by atoms with van der Waals surface area (Å²) in [5, 5.41) is 0. The first-order chi connectivity index (χ1) is 9.36. The molecule has 1 aliphatic rings. The molecule has 0 saturated carbocycles. The lowest BCUT2D eigenvalue weighted by Gasteiger charge is -2.32. The van der Waals surface area contributed by atoms with Crippen molar-refractivity contribution >= 4 is 0 Å². The molecular formula is C20H32. The fourth-order valence-electron chi connectivity index (χ4n) is 2.81. The van der Waals surface area contributed by atoms with Gasteiger partial charge in [0.05, 0.1) is 0 Å². The summed E-state index contributed by atoms with van der Waals surface area (Å²) >= 11 is 0. The molecule has 0 radical (unpaired) electrons. The Morgan fingerprint density at radius 2 is 2.05 bits per heavy atom. The average molecular weight is 272 g/mol. The summed E-state index contributed by atoms with van der Waals surface area (Å²) in [6.45, 7) is 13.7. The number of hydrogen-bond donors (Lipinski definition) is 0. The fourth-order valence-corrected chi connectivity index (χ4v) is 2.81. The van der Waals surface area contributed by atoms with Gasteiger partial charge < -0.3 is 0 Å². The molecule has 0 nitrogen and oxygen atoms in total. The van der Waals surface area contributed by atoms with Crippen LogP contribution in [0, 0.1) is 11.3 Å². The van der Waals surface area contributed by atoms with Gasteiger partial charge in [0.1, 0.15) is 0 Å². The van der Waals surface area contributed by atoms with Crippen LogP contribution in [0.15, 0.2) is 47.1 Å². The van der Waals surface area contributed by atoms with E-state index in [0.29, 0.717) is 11.3 Å². The molecule has 0 amide bonds. The van der Waals surface area contributed by atoms with E-state index in [1.165, 1.54) is 31.3 Å². The largest absolute Gasteiger partial charge is 0.0817 e. The lowest BCUT2D eigenvalue weighted by molar-refractivity contribution is 0.377. The van der Waals surface area contributed by atoms with Gasteiger partial charge in [0.25, 0.3) is 0 Å². The van der Waals surface area contributed by atoms with E-state index in [0.717, 1.165) is 0 Å². The normalized spacial score (nSPS) is 22.0. The molecule has 0 N–H and O–H groups in total. The van der Waals surface area contributed by atoms with Crippen molar-refractivity contribution in [2.45, 2.75) is 67.2 Å². The van der Waals surface area contributed by atoms with Crippen molar-refractivity contribution in [2.24, 2.45) is 11.3 Å². The molecular weight excluding hydrogens is 240 g/mol. The molecule has 1 aliphatic carbocycles. The molecule has 0 aliphatic heterocycles. The summed E-state index contributed by atoms with van der Waals surface area (Å²) in [7, 11) is 0. The van der Waals surface area contributed by atoms with E-state index < -0.39 is 0 Å². The molecule has 0 saturated heterocycles. The quantitative estimate of drug-likeness (QED) is 0.493. The zero-order valence-electron chi connectivity index (χ0n) is 14.3. The molecule has 20 heavy (non-hydrogen) atoms. The molecule has 0 fully saturated rings. The lowest BCUT2D eigenvalue weighted by atomic mass is 9.72. The minimum absolute atomic E-state index is 0.339. The van der Waals surface area contributed by atoms with E-state index >= 15 is 0 Å². The number of hydrogen-bond acceptors (Lipinski definition) is 0. The monoisotopic (exact) mass is 272 g/mol. The van der Waals surface area contributed by atoms with Gasteiger partial charge in [0.2, 0.25) is 0 Å². The van der Waals surface area contributed by atoms with E-state index in [1.54, 1.807) is 11.1 Å². The van der Waals surface area contributed by atoms with Crippen LogP contribution in [0.5, 0.6) is 0 Å². The molecule has 1 atom stereocenters. The van der Waals surface area contributed by atoms with Crippen LogP contribution in [0.4, 0.5) is 0 Å². The van der Waals surface area contributed by atoms with Gasteiger partial charge >= 0.3 is 0 Å². The Morgan fingerprint density at radius 1 is 1.35 bits per heavy atom. The Hall–Kier alpha value is -1.04. The summed E-state index contributed by atoms with van der Waals surface area (Å²) in [6.07, 6.45) is 16.4. The molecule has 0 aromatic rings. The molecule has 1 unspecified atom stereocenters. The molecule has 0 aromatic heterocycles. The second kappa shape index (κ2) is 7.67. The SMILES string of the molecule is CCC(C)\C=C/C=C(C)/C=C/C1=C(C)CCCC1(C)C. The predicted molar refractivity (Wildman–Crippen MR) is 91.8 cm³/mol. The Labute approximate surface area is 126 Å². The molecule has 112 valence electrons. The van der Waals surface area contributed by atoms with E-state index in [2.05, 4.69) is 71.9 Å².